The molecule has 4 heteroatoms. The summed E-state index contributed by atoms with van der Waals surface area (Å²) in [5.41, 5.74) is 1.36. The van der Waals surface area contributed by atoms with Gasteiger partial charge in [0.05, 0.1) is 18.2 Å². The molecule has 1 aliphatic heterocycles. The van der Waals surface area contributed by atoms with Crippen molar-refractivity contribution in [2.45, 2.75) is 89.4 Å². The van der Waals surface area contributed by atoms with Gasteiger partial charge in [-0.15, -0.1) is 0 Å². The summed E-state index contributed by atoms with van der Waals surface area (Å²) >= 11 is 0. The molecular formula is C22H40N2O2. The van der Waals surface area contributed by atoms with Gasteiger partial charge in [-0.2, -0.15) is 0 Å². The molecule has 0 aromatic heterocycles. The van der Waals surface area contributed by atoms with E-state index in [1.807, 2.05) is 6.08 Å². The fraction of sp³-hybridized carbons (Fsp3) is 0.864. The Bertz CT molecular complexity index is 461. The van der Waals surface area contributed by atoms with Gasteiger partial charge in [-0.1, -0.05) is 44.8 Å². The van der Waals surface area contributed by atoms with E-state index in [0.717, 1.165) is 38.6 Å². The minimum absolute atomic E-state index is 0.163. The van der Waals surface area contributed by atoms with Crippen LogP contribution in [0.5, 0.6) is 0 Å². The third-order valence-corrected chi connectivity index (χ3v) is 5.97. The first-order valence-corrected chi connectivity index (χ1v) is 10.8. The van der Waals surface area contributed by atoms with Gasteiger partial charge in [-0.05, 0) is 65.1 Å². The van der Waals surface area contributed by atoms with Crippen LogP contribution in [-0.4, -0.2) is 59.7 Å². The molecule has 1 saturated carbocycles. The van der Waals surface area contributed by atoms with Gasteiger partial charge in [0.15, 0.2) is 0 Å². The van der Waals surface area contributed by atoms with E-state index in [0.29, 0.717) is 12.0 Å². The van der Waals surface area contributed by atoms with Crippen LogP contribution in [0.4, 0.5) is 0 Å². The molecule has 4 nitrogen and oxygen atoms in total. The van der Waals surface area contributed by atoms with Crippen LogP contribution in [0, 0.1) is 11.8 Å². The molecule has 0 bridgehead atoms. The quantitative estimate of drug-likeness (QED) is 0.409. The van der Waals surface area contributed by atoms with E-state index in [-0.39, 0.29) is 18.1 Å². The maximum Gasteiger partial charge on any atom is 0.0721 e. The third kappa shape index (κ3) is 6.79. The fourth-order valence-corrected chi connectivity index (χ4v) is 4.43. The van der Waals surface area contributed by atoms with Crippen LogP contribution >= 0.6 is 0 Å². The number of aliphatic hydroxyl groups excluding tert-OH is 2. The predicted molar refractivity (Wildman–Crippen MR) is 110 cm³/mol. The van der Waals surface area contributed by atoms with Crippen LogP contribution in [0.3, 0.4) is 0 Å². The van der Waals surface area contributed by atoms with Crippen molar-refractivity contribution >= 4 is 5.71 Å². The lowest BCUT2D eigenvalue weighted by atomic mass is 9.88. The molecule has 0 radical (unpaired) electrons. The summed E-state index contributed by atoms with van der Waals surface area (Å²) in [5.74, 6) is 0.608. The molecule has 0 unspecified atom stereocenters. The first-order chi connectivity index (χ1) is 12.5. The number of aliphatic imine (C=N–C) groups is 1. The SMILES string of the molecule is CCCCC[C@H](O)C=C[C@@H]1[C@@H]2CC(CCCCCN(C)C)=N[C@H]2C[C@H]1O. The molecular weight excluding hydrogens is 324 g/mol. The van der Waals surface area contributed by atoms with E-state index < -0.39 is 0 Å². The number of unbranched alkanes of at least 4 members (excludes halogenated alkanes) is 4. The molecule has 1 heterocycles. The lowest BCUT2D eigenvalue weighted by Crippen LogP contribution is -2.19. The molecule has 0 saturated heterocycles. The zero-order valence-electron chi connectivity index (χ0n) is 17.1. The Kier molecular flexibility index (Phi) is 9.30. The number of nitrogens with zero attached hydrogens (tertiary/aromatic N) is 2. The van der Waals surface area contributed by atoms with Gasteiger partial charge < -0.3 is 15.1 Å². The first kappa shape index (κ1) is 21.6. The van der Waals surface area contributed by atoms with Crippen LogP contribution < -0.4 is 0 Å². The van der Waals surface area contributed by atoms with Crippen molar-refractivity contribution in [1.29, 1.82) is 0 Å². The van der Waals surface area contributed by atoms with Crippen LogP contribution in [-0.2, 0) is 0 Å². The maximum atomic E-state index is 10.4. The van der Waals surface area contributed by atoms with E-state index in [4.69, 9.17) is 4.99 Å². The summed E-state index contributed by atoms with van der Waals surface area (Å²) in [6, 6.07) is 0.300. The van der Waals surface area contributed by atoms with E-state index >= 15 is 0 Å². The second kappa shape index (κ2) is 11.2. The lowest BCUT2D eigenvalue weighted by Gasteiger charge is -2.17. The summed E-state index contributed by atoms with van der Waals surface area (Å²) < 4.78 is 0. The van der Waals surface area contributed by atoms with Crippen molar-refractivity contribution in [2.24, 2.45) is 16.8 Å². The van der Waals surface area contributed by atoms with Gasteiger partial charge in [-0.3, -0.25) is 4.99 Å². The highest BCUT2D eigenvalue weighted by molar-refractivity contribution is 5.86. The average Bonchev–Trinajstić information content (AvgIpc) is 3.09. The molecule has 0 aromatic carbocycles. The van der Waals surface area contributed by atoms with Gasteiger partial charge in [0.2, 0.25) is 0 Å². The van der Waals surface area contributed by atoms with Gasteiger partial charge in [0, 0.05) is 11.6 Å². The molecule has 0 spiro atoms. The molecule has 2 aliphatic rings. The number of aliphatic hydroxyl groups is 2. The van der Waals surface area contributed by atoms with Gasteiger partial charge in [-0.25, -0.2) is 0 Å². The van der Waals surface area contributed by atoms with Crippen molar-refractivity contribution in [1.82, 2.24) is 4.90 Å². The highest BCUT2D eigenvalue weighted by Crippen LogP contribution is 2.42. The Morgan fingerprint density at radius 1 is 1.19 bits per heavy atom. The maximum absolute atomic E-state index is 10.4. The summed E-state index contributed by atoms with van der Waals surface area (Å²) in [6.45, 7) is 3.34. The second-order valence-corrected chi connectivity index (χ2v) is 8.57. The Hall–Kier alpha value is -0.710. The average molecular weight is 365 g/mol. The summed E-state index contributed by atoms with van der Waals surface area (Å²) in [4.78, 5) is 7.16. The molecule has 1 aliphatic carbocycles. The minimum atomic E-state index is -0.369. The molecule has 1 fully saturated rings. The fourth-order valence-electron chi connectivity index (χ4n) is 4.43. The van der Waals surface area contributed by atoms with E-state index in [1.165, 1.54) is 37.8 Å². The van der Waals surface area contributed by atoms with Crippen LogP contribution in [0.25, 0.3) is 0 Å². The van der Waals surface area contributed by atoms with Crippen LogP contribution in [0.2, 0.25) is 0 Å². The van der Waals surface area contributed by atoms with Gasteiger partial charge >= 0.3 is 0 Å². The zero-order valence-corrected chi connectivity index (χ0v) is 17.1. The van der Waals surface area contributed by atoms with Crippen molar-refractivity contribution in [2.75, 3.05) is 20.6 Å². The van der Waals surface area contributed by atoms with Crippen molar-refractivity contribution in [3.63, 3.8) is 0 Å². The Labute approximate surface area is 160 Å². The van der Waals surface area contributed by atoms with E-state index in [9.17, 15) is 10.2 Å². The lowest BCUT2D eigenvalue weighted by molar-refractivity contribution is 0.140. The molecule has 150 valence electrons. The summed E-state index contributed by atoms with van der Waals surface area (Å²) in [5, 5.41) is 20.5. The Morgan fingerprint density at radius 2 is 2.00 bits per heavy atom. The zero-order chi connectivity index (χ0) is 18.9. The molecule has 0 aromatic rings. The Balaban J connectivity index is 1.74. The normalized spacial score (nSPS) is 29.5. The molecule has 5 atom stereocenters. The summed E-state index contributed by atoms with van der Waals surface area (Å²) in [6.07, 6.45) is 14.3. The van der Waals surface area contributed by atoms with Gasteiger partial charge in [0.1, 0.15) is 0 Å². The standard InChI is InChI=1S/C22H40N2O2/c1-4-5-7-11-18(25)12-13-19-20-15-17(23-21(20)16-22(19)26)10-8-6-9-14-24(2)3/h12-13,18-22,25-26H,4-11,14-16H2,1-3H3/t18-,19+,20-,21-,22+/m0/s1. The number of fused-ring (bicyclic) bond motifs is 1. The van der Waals surface area contributed by atoms with Gasteiger partial charge in [0.25, 0.3) is 0 Å². The molecule has 26 heavy (non-hydrogen) atoms. The van der Waals surface area contributed by atoms with Crippen molar-refractivity contribution in [3.05, 3.63) is 12.2 Å². The van der Waals surface area contributed by atoms with E-state index in [1.54, 1.807) is 0 Å². The van der Waals surface area contributed by atoms with Crippen LogP contribution in [0.1, 0.15) is 71.1 Å². The second-order valence-electron chi connectivity index (χ2n) is 8.57. The topological polar surface area (TPSA) is 56.1 Å². The molecule has 2 N–H and O–H groups in total. The first-order valence-electron chi connectivity index (χ1n) is 10.8. The number of hydrogen-bond acceptors (Lipinski definition) is 4. The monoisotopic (exact) mass is 364 g/mol. The Morgan fingerprint density at radius 3 is 2.73 bits per heavy atom. The molecule has 2 rings (SSSR count). The van der Waals surface area contributed by atoms with Crippen LogP contribution in [0.15, 0.2) is 17.1 Å². The largest absolute Gasteiger partial charge is 0.392 e. The highest BCUT2D eigenvalue weighted by atomic mass is 16.3. The minimum Gasteiger partial charge on any atom is -0.392 e. The smallest absolute Gasteiger partial charge is 0.0721 e. The van der Waals surface area contributed by atoms with E-state index in [2.05, 4.69) is 32.0 Å². The predicted octanol–water partition coefficient (Wildman–Crippen LogP) is 3.82. The highest BCUT2D eigenvalue weighted by Gasteiger charge is 2.44. The van der Waals surface area contributed by atoms with Crippen molar-refractivity contribution in [3.8, 4) is 0 Å². The summed E-state index contributed by atoms with van der Waals surface area (Å²) in [7, 11) is 4.25. The third-order valence-electron chi connectivity index (χ3n) is 5.97. The van der Waals surface area contributed by atoms with Crippen molar-refractivity contribution < 1.29 is 10.2 Å². The number of hydrogen-bond donors (Lipinski definition) is 2. The molecule has 0 amide bonds. The number of rotatable bonds is 12.